The Morgan fingerprint density at radius 2 is 1.36 bits per heavy atom. The van der Waals surface area contributed by atoms with Gasteiger partial charge in [-0.1, -0.05) is 72.3 Å². The molecule has 1 aliphatic heterocycles. The van der Waals surface area contributed by atoms with Gasteiger partial charge < -0.3 is 18.9 Å². The molecule has 0 saturated carbocycles. The molecule has 50 heavy (non-hydrogen) atoms. The van der Waals surface area contributed by atoms with E-state index in [2.05, 4.69) is 4.98 Å². The van der Waals surface area contributed by atoms with Crippen LogP contribution in [0.1, 0.15) is 40.5 Å². The zero-order chi connectivity index (χ0) is 35.5. The van der Waals surface area contributed by atoms with Crippen LogP contribution in [0.4, 0.5) is 0 Å². The Bertz CT molecular complexity index is 2100. The van der Waals surface area contributed by atoms with Crippen LogP contribution in [0.5, 0.6) is 11.5 Å². The van der Waals surface area contributed by atoms with E-state index in [0.717, 1.165) is 22.3 Å². The van der Waals surface area contributed by atoms with Gasteiger partial charge in [-0.25, -0.2) is 4.79 Å². The molecule has 3 atom stereocenters. The summed E-state index contributed by atoms with van der Waals surface area (Å²) in [6.07, 6.45) is -1.63. The van der Waals surface area contributed by atoms with E-state index in [9.17, 15) is 18.0 Å². The van der Waals surface area contributed by atoms with Crippen LogP contribution >= 0.6 is 0 Å². The van der Waals surface area contributed by atoms with E-state index in [4.69, 9.17) is 23.1 Å². The molecule has 1 fully saturated rings. The Labute approximate surface area is 290 Å². The van der Waals surface area contributed by atoms with E-state index in [-0.39, 0.29) is 17.9 Å². The summed E-state index contributed by atoms with van der Waals surface area (Å²) in [6.45, 7) is 3.27. The first-order valence-corrected chi connectivity index (χ1v) is 17.4. The molecule has 2 heterocycles. The average Bonchev–Trinajstić information content (AvgIpc) is 3.52. The monoisotopic (exact) mass is 698 g/mol. The van der Waals surface area contributed by atoms with Crippen molar-refractivity contribution in [2.24, 2.45) is 0 Å². The number of benzene rings is 4. The van der Waals surface area contributed by atoms with Gasteiger partial charge in [0.15, 0.2) is 0 Å². The van der Waals surface area contributed by atoms with Gasteiger partial charge in [-0.3, -0.25) is 18.5 Å². The van der Waals surface area contributed by atoms with Gasteiger partial charge in [0, 0.05) is 18.2 Å². The smallest absolute Gasteiger partial charge is 0.330 e. The number of aromatic amines is 1. The molecule has 4 aromatic carbocycles. The number of hydrogen-bond acceptors (Lipinski definition) is 9. The minimum atomic E-state index is -4.26. The molecule has 1 N–H and O–H groups in total. The topological polar surface area (TPSA) is 135 Å². The maximum atomic E-state index is 13.6. The Balaban J connectivity index is 1.43. The van der Waals surface area contributed by atoms with Gasteiger partial charge in [0.05, 0.1) is 25.7 Å². The first-order valence-electron chi connectivity index (χ1n) is 16.0. The fourth-order valence-corrected chi connectivity index (χ4v) is 7.24. The Morgan fingerprint density at radius 1 is 0.800 bits per heavy atom. The maximum Gasteiger partial charge on any atom is 0.330 e. The molecular weight excluding hydrogens is 660 g/mol. The minimum absolute atomic E-state index is 0.0154. The van der Waals surface area contributed by atoms with E-state index in [1.54, 1.807) is 33.3 Å². The van der Waals surface area contributed by atoms with Crippen molar-refractivity contribution in [3.63, 3.8) is 0 Å². The first kappa shape index (κ1) is 34.8. The molecule has 0 amide bonds. The SMILES string of the molecule is COc1ccc(C(OC[C@@H]2O[C@@H](n3cc(C)c(=O)[nH]c3=O)C[C@H]2OS(=O)(=O)c2ccc(C)cc2)(c2ccccc2)c2ccc(OC)cc2)cc1. The quantitative estimate of drug-likeness (QED) is 0.137. The number of hydrogen-bond donors (Lipinski definition) is 1. The van der Waals surface area contributed by atoms with E-state index < -0.39 is 45.4 Å². The fraction of sp³-hybridized carbons (Fsp3) is 0.263. The molecule has 0 unspecified atom stereocenters. The van der Waals surface area contributed by atoms with Gasteiger partial charge in [-0.15, -0.1) is 0 Å². The highest BCUT2D eigenvalue weighted by Crippen LogP contribution is 2.43. The van der Waals surface area contributed by atoms with Gasteiger partial charge in [-0.05, 0) is 66.9 Å². The number of aromatic nitrogens is 2. The second kappa shape index (κ2) is 14.5. The zero-order valence-corrected chi connectivity index (χ0v) is 28.9. The number of H-pyrrole nitrogens is 1. The molecule has 5 aromatic rings. The van der Waals surface area contributed by atoms with Crippen LogP contribution < -0.4 is 20.7 Å². The van der Waals surface area contributed by atoms with Gasteiger partial charge >= 0.3 is 5.69 Å². The lowest BCUT2D eigenvalue weighted by Crippen LogP contribution is -2.39. The average molecular weight is 699 g/mol. The molecule has 0 aliphatic carbocycles. The lowest BCUT2D eigenvalue weighted by molar-refractivity contribution is -0.0911. The van der Waals surface area contributed by atoms with Crippen LogP contribution in [0, 0.1) is 13.8 Å². The summed E-state index contributed by atoms with van der Waals surface area (Å²) in [4.78, 5) is 27.4. The summed E-state index contributed by atoms with van der Waals surface area (Å²) in [7, 11) is -1.08. The minimum Gasteiger partial charge on any atom is -0.497 e. The zero-order valence-electron chi connectivity index (χ0n) is 28.1. The van der Waals surface area contributed by atoms with Crippen molar-refractivity contribution < 1.29 is 31.5 Å². The van der Waals surface area contributed by atoms with Crippen LogP contribution in [0.2, 0.25) is 0 Å². The van der Waals surface area contributed by atoms with Crippen molar-refractivity contribution in [1.82, 2.24) is 9.55 Å². The van der Waals surface area contributed by atoms with Crippen LogP contribution in [-0.4, -0.2) is 51.0 Å². The summed E-state index contributed by atoms with van der Waals surface area (Å²) in [6, 6.07) is 31.0. The highest BCUT2D eigenvalue weighted by atomic mass is 32.2. The number of nitrogens with one attached hydrogen (secondary N) is 1. The van der Waals surface area contributed by atoms with Crippen molar-refractivity contribution in [3.8, 4) is 11.5 Å². The molecule has 1 aliphatic rings. The second-order valence-corrected chi connectivity index (χ2v) is 13.6. The number of rotatable bonds is 12. The number of methoxy groups -OCH3 is 2. The Kier molecular flexibility index (Phi) is 10.1. The summed E-state index contributed by atoms with van der Waals surface area (Å²) in [5, 5.41) is 0. The largest absolute Gasteiger partial charge is 0.497 e. The molecule has 12 heteroatoms. The predicted molar refractivity (Wildman–Crippen MR) is 186 cm³/mol. The summed E-state index contributed by atoms with van der Waals surface area (Å²) in [5.74, 6) is 1.31. The van der Waals surface area contributed by atoms with Gasteiger partial charge in [0.25, 0.3) is 15.7 Å². The predicted octanol–water partition coefficient (Wildman–Crippen LogP) is 5.24. The van der Waals surface area contributed by atoms with Crippen molar-refractivity contribution in [1.29, 1.82) is 0 Å². The van der Waals surface area contributed by atoms with Crippen molar-refractivity contribution >= 4 is 10.1 Å². The van der Waals surface area contributed by atoms with E-state index in [1.807, 2.05) is 85.8 Å². The molecule has 0 radical (unpaired) electrons. The lowest BCUT2D eigenvalue weighted by atomic mass is 9.80. The number of aryl methyl sites for hydroxylation is 2. The molecule has 11 nitrogen and oxygen atoms in total. The third kappa shape index (κ3) is 7.01. The second-order valence-electron chi connectivity index (χ2n) is 12.1. The number of nitrogens with zero attached hydrogens (tertiary/aromatic N) is 1. The summed E-state index contributed by atoms with van der Waals surface area (Å²) < 4.78 is 58.6. The third-order valence-electron chi connectivity index (χ3n) is 8.83. The van der Waals surface area contributed by atoms with Crippen LogP contribution in [-0.2, 0) is 29.4 Å². The van der Waals surface area contributed by atoms with Crippen molar-refractivity contribution in [2.45, 2.75) is 49.2 Å². The number of ether oxygens (including phenoxy) is 4. The normalized spacial score (nSPS) is 17.8. The first-order chi connectivity index (χ1) is 24.0. The van der Waals surface area contributed by atoms with Crippen LogP contribution in [0.15, 0.2) is 124 Å². The van der Waals surface area contributed by atoms with Crippen LogP contribution in [0.25, 0.3) is 0 Å². The molecule has 1 aromatic heterocycles. The van der Waals surface area contributed by atoms with Crippen LogP contribution in [0.3, 0.4) is 0 Å². The molecular formula is C38H38N2O9S. The van der Waals surface area contributed by atoms with E-state index >= 15 is 0 Å². The molecule has 0 bridgehead atoms. The standard InChI is InChI=1S/C38H38N2O9S/c1-25-10-20-32(21-11-25)50(43,44)49-33-22-35(40-23-26(2)36(41)39-37(40)42)48-34(33)24-47-38(27-8-6-5-7-9-27,28-12-16-30(45-3)17-13-28)29-14-18-31(46-4)19-15-29/h5-21,23,33-35H,22,24H2,1-4H3,(H,39,41,42)/t33-,34+,35-/m1/s1. The molecule has 0 spiro atoms. The third-order valence-corrected chi connectivity index (χ3v) is 10.2. The highest BCUT2D eigenvalue weighted by Gasteiger charge is 2.44. The Morgan fingerprint density at radius 3 is 1.92 bits per heavy atom. The van der Waals surface area contributed by atoms with Gasteiger partial charge in [-0.2, -0.15) is 8.42 Å². The molecule has 6 rings (SSSR count). The highest BCUT2D eigenvalue weighted by molar-refractivity contribution is 7.86. The lowest BCUT2D eigenvalue weighted by Gasteiger charge is -2.37. The molecule has 1 saturated heterocycles. The van der Waals surface area contributed by atoms with E-state index in [1.165, 1.54) is 22.9 Å². The summed E-state index contributed by atoms with van der Waals surface area (Å²) in [5.41, 5.74) is 1.06. The van der Waals surface area contributed by atoms with Gasteiger partial charge in [0.1, 0.15) is 35.5 Å². The van der Waals surface area contributed by atoms with E-state index in [0.29, 0.717) is 17.1 Å². The summed E-state index contributed by atoms with van der Waals surface area (Å²) >= 11 is 0. The van der Waals surface area contributed by atoms with Gasteiger partial charge in [0.2, 0.25) is 0 Å². The molecule has 260 valence electrons. The maximum absolute atomic E-state index is 13.6. The fourth-order valence-electron chi connectivity index (χ4n) is 6.13. The Hall–Kier alpha value is -5.01. The van der Waals surface area contributed by atoms with Crippen molar-refractivity contribution in [3.05, 3.63) is 158 Å². The van der Waals surface area contributed by atoms with Crippen molar-refractivity contribution in [2.75, 3.05) is 20.8 Å².